The van der Waals surface area contributed by atoms with Crippen LogP contribution in [0.25, 0.3) is 11.0 Å². The molecule has 1 unspecified atom stereocenters. The summed E-state index contributed by atoms with van der Waals surface area (Å²) >= 11 is 10.2. The first-order valence-corrected chi connectivity index (χ1v) is 7.51. The van der Waals surface area contributed by atoms with Crippen molar-refractivity contribution in [1.29, 1.82) is 0 Å². The molecule has 0 spiro atoms. The van der Waals surface area contributed by atoms with Crippen LogP contribution in [0.4, 0.5) is 0 Å². The molecule has 1 aliphatic heterocycles. The molecule has 1 saturated heterocycles. The predicted octanol–water partition coefficient (Wildman–Crippen LogP) is 3.33. The van der Waals surface area contributed by atoms with E-state index in [0.717, 1.165) is 47.1 Å². The lowest BCUT2D eigenvalue weighted by Gasteiger charge is -2.27. The second-order valence-corrected chi connectivity index (χ2v) is 6.17. The lowest BCUT2D eigenvalue weighted by Crippen LogP contribution is -2.19. The lowest BCUT2D eigenvalue weighted by atomic mass is 9.91. The van der Waals surface area contributed by atoms with E-state index in [9.17, 15) is 4.79 Å². The average molecular weight is 346 g/mol. The highest BCUT2D eigenvalue weighted by Gasteiger charge is 2.25. The number of ether oxygens (including phenoxy) is 1. The molecule has 2 N–H and O–H groups in total. The number of nitrogens with one attached hydrogen (secondary N) is 2. The Morgan fingerprint density at radius 1 is 1.26 bits per heavy atom. The lowest BCUT2D eigenvalue weighted by molar-refractivity contribution is 0.0650. The molecule has 0 radical (unpaired) electrons. The maximum atomic E-state index is 11.3. The maximum Gasteiger partial charge on any atom is 0.323 e. The molecule has 1 aliphatic rings. The van der Waals surface area contributed by atoms with Crippen LogP contribution in [-0.4, -0.2) is 23.2 Å². The van der Waals surface area contributed by atoms with Gasteiger partial charge in [-0.2, -0.15) is 0 Å². The standard InChI is InChI=1S/C13H14BrClN2O2/c14-9-6-11-10(16-13(18)17-11)5-8(9)12(15)7-1-3-19-4-2-7/h5-7,12H,1-4H2,(H2,16,17,18). The van der Waals surface area contributed by atoms with Crippen LogP contribution in [-0.2, 0) is 4.74 Å². The normalized spacial score (nSPS) is 18.8. The Morgan fingerprint density at radius 2 is 1.89 bits per heavy atom. The van der Waals surface area contributed by atoms with E-state index in [1.54, 1.807) is 0 Å². The third kappa shape index (κ3) is 2.59. The van der Waals surface area contributed by atoms with Gasteiger partial charge in [0.25, 0.3) is 0 Å². The second-order valence-electron chi connectivity index (χ2n) is 4.85. The van der Waals surface area contributed by atoms with Gasteiger partial charge in [0.2, 0.25) is 0 Å². The largest absolute Gasteiger partial charge is 0.381 e. The van der Waals surface area contributed by atoms with E-state index in [1.165, 1.54) is 0 Å². The van der Waals surface area contributed by atoms with Gasteiger partial charge in [-0.05, 0) is 36.5 Å². The maximum absolute atomic E-state index is 11.3. The Hall–Kier alpha value is -0.780. The first-order chi connectivity index (χ1) is 9.15. The minimum Gasteiger partial charge on any atom is -0.381 e. The van der Waals surface area contributed by atoms with E-state index < -0.39 is 0 Å². The van der Waals surface area contributed by atoms with Gasteiger partial charge >= 0.3 is 5.69 Å². The van der Waals surface area contributed by atoms with Crippen LogP contribution in [0.5, 0.6) is 0 Å². The van der Waals surface area contributed by atoms with Gasteiger partial charge in [-0.3, -0.25) is 0 Å². The molecule has 4 nitrogen and oxygen atoms in total. The number of fused-ring (bicyclic) bond motifs is 1. The van der Waals surface area contributed by atoms with Gasteiger partial charge in [-0.25, -0.2) is 4.79 Å². The molecule has 1 aromatic carbocycles. The molecule has 0 saturated carbocycles. The fraction of sp³-hybridized carbons (Fsp3) is 0.462. The first kappa shape index (κ1) is 13.2. The van der Waals surface area contributed by atoms with Crippen molar-refractivity contribution in [3.63, 3.8) is 0 Å². The highest BCUT2D eigenvalue weighted by atomic mass is 79.9. The zero-order valence-electron chi connectivity index (χ0n) is 10.2. The summed E-state index contributed by atoms with van der Waals surface area (Å²) < 4.78 is 6.30. The minimum absolute atomic E-state index is 0.0684. The van der Waals surface area contributed by atoms with E-state index in [0.29, 0.717) is 5.92 Å². The van der Waals surface area contributed by atoms with Crippen molar-refractivity contribution in [3.8, 4) is 0 Å². The number of aromatic nitrogens is 2. The van der Waals surface area contributed by atoms with Crippen molar-refractivity contribution in [3.05, 3.63) is 32.7 Å². The molecule has 1 fully saturated rings. The molecule has 2 aromatic rings. The molecule has 102 valence electrons. The van der Waals surface area contributed by atoms with Crippen LogP contribution in [0.2, 0.25) is 0 Å². The first-order valence-electron chi connectivity index (χ1n) is 6.28. The van der Waals surface area contributed by atoms with Crippen LogP contribution in [0.15, 0.2) is 21.4 Å². The molecule has 1 atom stereocenters. The van der Waals surface area contributed by atoms with E-state index >= 15 is 0 Å². The SMILES string of the molecule is O=c1[nH]c2cc(Br)c(C(Cl)C3CCOCC3)cc2[nH]1. The highest BCUT2D eigenvalue weighted by Crippen LogP contribution is 2.39. The monoisotopic (exact) mass is 344 g/mol. The summed E-state index contributed by atoms with van der Waals surface area (Å²) in [6.45, 7) is 1.55. The van der Waals surface area contributed by atoms with Crippen molar-refractivity contribution < 1.29 is 4.74 Å². The fourth-order valence-electron chi connectivity index (χ4n) is 2.55. The summed E-state index contributed by atoms with van der Waals surface area (Å²) in [5.74, 6) is 0.412. The van der Waals surface area contributed by atoms with Crippen LogP contribution in [0, 0.1) is 5.92 Å². The molecule has 1 aromatic heterocycles. The number of hydrogen-bond donors (Lipinski definition) is 2. The topological polar surface area (TPSA) is 57.9 Å². The summed E-state index contributed by atoms with van der Waals surface area (Å²) in [4.78, 5) is 16.8. The van der Waals surface area contributed by atoms with Gasteiger partial charge in [0.15, 0.2) is 0 Å². The van der Waals surface area contributed by atoms with Crippen molar-refractivity contribution in [1.82, 2.24) is 9.97 Å². The molecule has 19 heavy (non-hydrogen) atoms. The van der Waals surface area contributed by atoms with Gasteiger partial charge in [0.05, 0.1) is 16.4 Å². The molecular formula is C13H14BrClN2O2. The van der Waals surface area contributed by atoms with E-state index in [2.05, 4.69) is 25.9 Å². The van der Waals surface area contributed by atoms with E-state index in [4.69, 9.17) is 16.3 Å². The molecule has 0 amide bonds. The van der Waals surface area contributed by atoms with Crippen LogP contribution in [0.3, 0.4) is 0 Å². The second kappa shape index (κ2) is 5.31. The van der Waals surface area contributed by atoms with Gasteiger partial charge in [0.1, 0.15) is 0 Å². The summed E-state index contributed by atoms with van der Waals surface area (Å²) in [6, 6.07) is 3.85. The average Bonchev–Trinajstić information content (AvgIpc) is 2.77. The molecule has 0 aliphatic carbocycles. The number of hydrogen-bond acceptors (Lipinski definition) is 2. The fourth-order valence-corrected chi connectivity index (χ4v) is 3.70. The number of alkyl halides is 1. The summed E-state index contributed by atoms with van der Waals surface area (Å²) in [7, 11) is 0. The van der Waals surface area contributed by atoms with Crippen molar-refractivity contribution in [2.45, 2.75) is 18.2 Å². The number of rotatable bonds is 2. The van der Waals surface area contributed by atoms with Crippen LogP contribution < -0.4 is 5.69 Å². The Balaban J connectivity index is 1.98. The Morgan fingerprint density at radius 3 is 2.58 bits per heavy atom. The molecular weight excluding hydrogens is 332 g/mol. The van der Waals surface area contributed by atoms with Crippen molar-refractivity contribution >= 4 is 38.6 Å². The van der Waals surface area contributed by atoms with Gasteiger partial charge in [-0.15, -0.1) is 11.6 Å². The van der Waals surface area contributed by atoms with Gasteiger partial charge in [0, 0.05) is 17.7 Å². The van der Waals surface area contributed by atoms with Crippen molar-refractivity contribution in [2.75, 3.05) is 13.2 Å². The Kier molecular flexibility index (Phi) is 3.69. The van der Waals surface area contributed by atoms with Crippen LogP contribution >= 0.6 is 27.5 Å². The molecule has 6 heteroatoms. The minimum atomic E-state index is -0.198. The third-order valence-electron chi connectivity index (χ3n) is 3.61. The van der Waals surface area contributed by atoms with E-state index in [-0.39, 0.29) is 11.1 Å². The smallest absolute Gasteiger partial charge is 0.323 e. The Bertz CT molecular complexity index is 646. The number of benzene rings is 1. The number of aromatic amines is 2. The molecule has 2 heterocycles. The summed E-state index contributed by atoms with van der Waals surface area (Å²) in [5, 5.41) is -0.0684. The zero-order chi connectivity index (χ0) is 13.4. The van der Waals surface area contributed by atoms with E-state index in [1.807, 2.05) is 12.1 Å². The predicted molar refractivity (Wildman–Crippen MR) is 78.8 cm³/mol. The Labute approximate surface area is 123 Å². The quantitative estimate of drug-likeness (QED) is 0.820. The van der Waals surface area contributed by atoms with Crippen LogP contribution in [0.1, 0.15) is 23.8 Å². The molecule has 3 rings (SSSR count). The highest BCUT2D eigenvalue weighted by molar-refractivity contribution is 9.10. The van der Waals surface area contributed by atoms with Gasteiger partial charge < -0.3 is 14.7 Å². The zero-order valence-corrected chi connectivity index (χ0v) is 12.6. The van der Waals surface area contributed by atoms with Crippen molar-refractivity contribution in [2.24, 2.45) is 5.92 Å². The molecule has 0 bridgehead atoms. The number of halogens is 2. The number of H-pyrrole nitrogens is 2. The summed E-state index contributed by atoms with van der Waals surface area (Å²) in [5.41, 5.74) is 2.41. The van der Waals surface area contributed by atoms with Gasteiger partial charge in [-0.1, -0.05) is 15.9 Å². The number of imidazole rings is 1. The summed E-state index contributed by atoms with van der Waals surface area (Å²) in [6.07, 6.45) is 1.95. The third-order valence-corrected chi connectivity index (χ3v) is 4.89.